The van der Waals surface area contributed by atoms with Crippen LogP contribution in [-0.4, -0.2) is 40.4 Å². The van der Waals surface area contributed by atoms with Gasteiger partial charge in [0.15, 0.2) is 0 Å². The molecule has 0 aromatic heterocycles. The fraction of sp³-hybridized carbons (Fsp3) is 0.550. The molecular formula is C20H25F3N3O2+. The molecule has 152 valence electrons. The van der Waals surface area contributed by atoms with Gasteiger partial charge in [-0.25, -0.2) is 9.79 Å². The zero-order valence-electron chi connectivity index (χ0n) is 15.8. The number of rotatable bonds is 6. The molecule has 1 saturated carbocycles. The average Bonchev–Trinajstić information content (AvgIpc) is 3.27. The van der Waals surface area contributed by atoms with Crippen LogP contribution in [0.2, 0.25) is 0 Å². The lowest BCUT2D eigenvalue weighted by Gasteiger charge is -2.26. The lowest BCUT2D eigenvalue weighted by atomic mass is 10.1. The number of unbranched alkanes of at least 4 members (excludes halogenated alkanes) is 1. The van der Waals surface area contributed by atoms with Gasteiger partial charge in [0.25, 0.3) is 5.84 Å². The minimum Gasteiger partial charge on any atom is -0.298 e. The molecule has 1 fully saturated rings. The van der Waals surface area contributed by atoms with Crippen molar-refractivity contribution in [1.29, 1.82) is 0 Å². The second-order valence-corrected chi connectivity index (χ2v) is 7.35. The Hall–Kier alpha value is -2.38. The van der Waals surface area contributed by atoms with Crippen LogP contribution in [0.3, 0.4) is 0 Å². The first kappa shape index (κ1) is 20.4. The van der Waals surface area contributed by atoms with E-state index in [-0.39, 0.29) is 18.3 Å². The summed E-state index contributed by atoms with van der Waals surface area (Å²) >= 11 is 0. The van der Waals surface area contributed by atoms with Crippen LogP contribution >= 0.6 is 0 Å². The molecule has 28 heavy (non-hydrogen) atoms. The molecule has 0 radical (unpaired) electrons. The van der Waals surface area contributed by atoms with Crippen LogP contribution in [0.25, 0.3) is 0 Å². The first-order chi connectivity index (χ1) is 13.3. The molecule has 1 aliphatic heterocycles. The lowest BCUT2D eigenvalue weighted by Crippen LogP contribution is -2.96. The number of carbonyl (C=O) groups excluding carboxylic acids is 2. The smallest absolute Gasteiger partial charge is 0.298 e. The standard InChI is InChI=1S/C20H24F3N3O2/c1-2-3-13-16(27)24-19(20(21,22)23)18(28)26(15-11-7-8-12-15)17(25-19)14-9-5-4-6-10-14/h4-6,9-10,15H,2-3,7-8,11-13H2,1H3,(H,24,27)/p+1/t19-/m1/s1. The van der Waals surface area contributed by atoms with Gasteiger partial charge in [0.2, 0.25) is 5.91 Å². The molecule has 8 heteroatoms. The second kappa shape index (κ2) is 7.93. The van der Waals surface area contributed by atoms with E-state index in [9.17, 15) is 22.8 Å². The third-order valence-corrected chi connectivity index (χ3v) is 5.33. The van der Waals surface area contributed by atoms with Gasteiger partial charge in [0, 0.05) is 6.42 Å². The summed E-state index contributed by atoms with van der Waals surface area (Å²) in [7, 11) is 0. The number of halogens is 3. The molecule has 0 spiro atoms. The summed E-state index contributed by atoms with van der Waals surface area (Å²) in [6, 6.07) is 8.16. The normalized spacial score (nSPS) is 23.2. The van der Waals surface area contributed by atoms with E-state index in [0.717, 1.165) is 12.8 Å². The summed E-state index contributed by atoms with van der Waals surface area (Å²) in [5, 5.41) is 1.98. The summed E-state index contributed by atoms with van der Waals surface area (Å²) in [4.78, 5) is 29.0. The van der Waals surface area contributed by atoms with Crippen LogP contribution in [0.5, 0.6) is 0 Å². The lowest BCUT2D eigenvalue weighted by molar-refractivity contribution is -0.581. The molecule has 1 atom stereocenters. The van der Waals surface area contributed by atoms with Gasteiger partial charge in [-0.05, 0) is 44.2 Å². The predicted molar refractivity (Wildman–Crippen MR) is 97.1 cm³/mol. The van der Waals surface area contributed by atoms with Gasteiger partial charge in [0.05, 0.1) is 5.56 Å². The third-order valence-electron chi connectivity index (χ3n) is 5.33. The number of amidine groups is 1. The van der Waals surface area contributed by atoms with E-state index < -0.39 is 23.7 Å². The molecule has 5 nitrogen and oxygen atoms in total. The largest absolute Gasteiger partial charge is 0.465 e. The van der Waals surface area contributed by atoms with Crippen molar-refractivity contribution in [3.63, 3.8) is 0 Å². The second-order valence-electron chi connectivity index (χ2n) is 7.35. The molecule has 3 rings (SSSR count). The molecule has 1 aromatic carbocycles. The van der Waals surface area contributed by atoms with Gasteiger partial charge in [-0.3, -0.25) is 10.1 Å². The molecular weight excluding hydrogens is 371 g/mol. The molecule has 2 aliphatic rings. The van der Waals surface area contributed by atoms with Gasteiger partial charge in [-0.1, -0.05) is 31.5 Å². The van der Waals surface area contributed by atoms with Gasteiger partial charge >= 0.3 is 17.7 Å². The average molecular weight is 396 g/mol. The zero-order valence-corrected chi connectivity index (χ0v) is 15.8. The van der Waals surface area contributed by atoms with E-state index in [1.807, 2.05) is 12.2 Å². The molecule has 2 amide bonds. The number of amides is 2. The fourth-order valence-corrected chi connectivity index (χ4v) is 3.85. The maximum absolute atomic E-state index is 14.2. The van der Waals surface area contributed by atoms with E-state index in [1.165, 1.54) is 4.90 Å². The maximum Gasteiger partial charge on any atom is 0.465 e. The molecule has 1 aliphatic carbocycles. The van der Waals surface area contributed by atoms with Crippen LogP contribution in [0.1, 0.15) is 57.4 Å². The van der Waals surface area contributed by atoms with E-state index in [2.05, 4.69) is 4.99 Å². The van der Waals surface area contributed by atoms with Gasteiger partial charge < -0.3 is 0 Å². The van der Waals surface area contributed by atoms with Crippen molar-refractivity contribution < 1.29 is 27.8 Å². The van der Waals surface area contributed by atoms with Crippen LogP contribution in [0, 0.1) is 0 Å². The molecule has 2 N–H and O–H groups in total. The van der Waals surface area contributed by atoms with Crippen LogP contribution in [-0.2, 0) is 9.59 Å². The first-order valence-corrected chi connectivity index (χ1v) is 9.72. The number of benzene rings is 1. The number of alkyl halides is 3. The highest BCUT2D eigenvalue weighted by atomic mass is 19.4. The summed E-state index contributed by atoms with van der Waals surface area (Å²) in [6.07, 6.45) is -0.925. The van der Waals surface area contributed by atoms with E-state index in [4.69, 9.17) is 0 Å². The Morgan fingerprint density at radius 2 is 1.89 bits per heavy atom. The Morgan fingerprint density at radius 1 is 1.25 bits per heavy atom. The molecule has 0 unspecified atom stereocenters. The molecule has 1 aromatic rings. The zero-order chi connectivity index (χ0) is 20.4. The van der Waals surface area contributed by atoms with E-state index in [0.29, 0.717) is 31.2 Å². The minimum absolute atomic E-state index is 0.0621. The quantitative estimate of drug-likeness (QED) is 0.771. The molecule has 0 saturated heterocycles. The van der Waals surface area contributed by atoms with Crippen LogP contribution < -0.4 is 10.3 Å². The van der Waals surface area contributed by atoms with Crippen molar-refractivity contribution in [2.75, 3.05) is 0 Å². The summed E-state index contributed by atoms with van der Waals surface area (Å²) < 4.78 is 42.5. The number of hydrogen-bond acceptors (Lipinski definition) is 2. The predicted octanol–water partition coefficient (Wildman–Crippen LogP) is 1.86. The number of hydrogen-bond donors (Lipinski definition) is 2. The Labute approximate surface area is 162 Å². The summed E-state index contributed by atoms with van der Waals surface area (Å²) in [6.45, 7) is 1.84. The third kappa shape index (κ3) is 3.64. The maximum atomic E-state index is 14.2. The highest BCUT2D eigenvalue weighted by Gasteiger charge is 2.73. The van der Waals surface area contributed by atoms with Crippen molar-refractivity contribution in [3.8, 4) is 0 Å². The minimum atomic E-state index is -4.99. The Balaban J connectivity index is 2.06. The van der Waals surface area contributed by atoms with Gasteiger partial charge in [-0.15, -0.1) is 0 Å². The van der Waals surface area contributed by atoms with Crippen LogP contribution in [0.4, 0.5) is 13.2 Å². The SMILES string of the molecule is CCCCC(=O)N[C@@]1(C(F)(F)F)[NH+]=C(c2ccccc2)N(C2CCCC2)C1=O. The van der Waals surface area contributed by atoms with Crippen molar-refractivity contribution in [3.05, 3.63) is 35.9 Å². The Bertz CT molecular complexity index is 758. The highest BCUT2D eigenvalue weighted by molar-refractivity contribution is 6.11. The number of carbonyl (C=O) groups is 2. The van der Waals surface area contributed by atoms with Gasteiger partial charge in [-0.2, -0.15) is 18.1 Å². The highest BCUT2D eigenvalue weighted by Crippen LogP contribution is 2.33. The number of nitrogens with one attached hydrogen (secondary N) is 2. The first-order valence-electron chi connectivity index (χ1n) is 9.72. The van der Waals surface area contributed by atoms with Crippen LogP contribution in [0.15, 0.2) is 30.3 Å². The summed E-state index contributed by atoms with van der Waals surface area (Å²) in [5.41, 5.74) is -2.65. The van der Waals surface area contributed by atoms with Crippen molar-refractivity contribution in [2.24, 2.45) is 0 Å². The van der Waals surface area contributed by atoms with E-state index >= 15 is 0 Å². The van der Waals surface area contributed by atoms with Crippen molar-refractivity contribution in [1.82, 2.24) is 10.2 Å². The topological polar surface area (TPSA) is 63.4 Å². The molecule has 1 heterocycles. The molecule has 0 bridgehead atoms. The van der Waals surface area contributed by atoms with E-state index in [1.54, 1.807) is 30.3 Å². The summed E-state index contributed by atoms with van der Waals surface area (Å²) in [5.74, 6) is -1.85. The monoisotopic (exact) mass is 396 g/mol. The van der Waals surface area contributed by atoms with Crippen molar-refractivity contribution >= 4 is 17.6 Å². The fourth-order valence-electron chi connectivity index (χ4n) is 3.85. The van der Waals surface area contributed by atoms with Gasteiger partial charge in [0.1, 0.15) is 6.04 Å². The van der Waals surface area contributed by atoms with Crippen molar-refractivity contribution in [2.45, 2.75) is 69.8 Å². The number of nitrogens with zero attached hydrogens (tertiary/aromatic N) is 1. The Morgan fingerprint density at radius 3 is 2.46 bits per heavy atom. The Kier molecular flexibility index (Phi) is 5.76.